The second kappa shape index (κ2) is 4.17. The Morgan fingerprint density at radius 2 is 2.20 bits per heavy atom. The number of anilines is 1. The van der Waals surface area contributed by atoms with Gasteiger partial charge < -0.3 is 9.73 Å². The third-order valence-electron chi connectivity index (χ3n) is 2.23. The van der Waals surface area contributed by atoms with Gasteiger partial charge in [-0.1, -0.05) is 0 Å². The highest BCUT2D eigenvalue weighted by Crippen LogP contribution is 2.20. The first-order valence-corrected chi connectivity index (χ1v) is 4.98. The lowest BCUT2D eigenvalue weighted by molar-refractivity contribution is 0.467. The van der Waals surface area contributed by atoms with Gasteiger partial charge in [-0.05, 0) is 38.1 Å². The molecule has 0 spiro atoms. The summed E-state index contributed by atoms with van der Waals surface area (Å²) >= 11 is 0. The second-order valence-corrected chi connectivity index (χ2v) is 3.56. The lowest BCUT2D eigenvalue weighted by Gasteiger charge is -2.11. The fourth-order valence-electron chi connectivity index (χ4n) is 1.46. The van der Waals surface area contributed by atoms with E-state index in [0.717, 1.165) is 17.2 Å². The number of rotatable bonds is 3. The predicted molar refractivity (Wildman–Crippen MR) is 59.7 cm³/mol. The van der Waals surface area contributed by atoms with Crippen LogP contribution in [-0.4, -0.2) is 4.98 Å². The van der Waals surface area contributed by atoms with Gasteiger partial charge in [0.1, 0.15) is 11.5 Å². The maximum Gasteiger partial charge on any atom is 0.126 e. The molecule has 3 heteroatoms. The van der Waals surface area contributed by atoms with E-state index in [0.29, 0.717) is 0 Å². The van der Waals surface area contributed by atoms with Gasteiger partial charge in [0.2, 0.25) is 0 Å². The van der Waals surface area contributed by atoms with E-state index in [1.807, 2.05) is 31.2 Å². The van der Waals surface area contributed by atoms with Crippen LogP contribution in [-0.2, 0) is 0 Å². The Morgan fingerprint density at radius 1 is 1.33 bits per heavy atom. The molecule has 2 aromatic rings. The maximum absolute atomic E-state index is 5.53. The zero-order chi connectivity index (χ0) is 10.7. The number of nitrogens with one attached hydrogen (secondary N) is 1. The monoisotopic (exact) mass is 202 g/mol. The minimum atomic E-state index is 0.155. The molecule has 2 rings (SSSR count). The van der Waals surface area contributed by atoms with Gasteiger partial charge in [0, 0.05) is 12.4 Å². The Balaban J connectivity index is 2.07. The average Bonchev–Trinajstić information content (AvgIpc) is 2.66. The summed E-state index contributed by atoms with van der Waals surface area (Å²) in [7, 11) is 0. The zero-order valence-electron chi connectivity index (χ0n) is 8.90. The van der Waals surface area contributed by atoms with Crippen LogP contribution in [0.3, 0.4) is 0 Å². The van der Waals surface area contributed by atoms with Crippen molar-refractivity contribution in [3.05, 3.63) is 48.2 Å². The first kappa shape index (κ1) is 9.77. The Hall–Kier alpha value is -1.77. The lowest BCUT2D eigenvalue weighted by Crippen LogP contribution is -2.05. The van der Waals surface area contributed by atoms with Crippen molar-refractivity contribution in [2.45, 2.75) is 19.9 Å². The SMILES string of the molecule is Cc1ccc(C(C)Nc2cccnc2)o1. The van der Waals surface area contributed by atoms with Gasteiger partial charge in [0.15, 0.2) is 0 Å². The smallest absolute Gasteiger partial charge is 0.126 e. The quantitative estimate of drug-likeness (QED) is 0.830. The molecule has 0 amide bonds. The largest absolute Gasteiger partial charge is 0.464 e. The zero-order valence-corrected chi connectivity index (χ0v) is 8.90. The molecule has 15 heavy (non-hydrogen) atoms. The van der Waals surface area contributed by atoms with Crippen LogP contribution in [0, 0.1) is 6.92 Å². The van der Waals surface area contributed by atoms with Gasteiger partial charge in [-0.15, -0.1) is 0 Å². The Bertz CT molecular complexity index is 422. The number of pyridine rings is 1. The van der Waals surface area contributed by atoms with Crippen molar-refractivity contribution in [3.8, 4) is 0 Å². The first-order valence-electron chi connectivity index (χ1n) is 4.98. The number of aryl methyl sites for hydroxylation is 1. The third kappa shape index (κ3) is 2.37. The second-order valence-electron chi connectivity index (χ2n) is 3.56. The van der Waals surface area contributed by atoms with Gasteiger partial charge in [0.05, 0.1) is 11.7 Å². The molecule has 0 fully saturated rings. The summed E-state index contributed by atoms with van der Waals surface area (Å²) in [6.45, 7) is 4.01. The van der Waals surface area contributed by atoms with E-state index >= 15 is 0 Å². The van der Waals surface area contributed by atoms with Crippen molar-refractivity contribution >= 4 is 5.69 Å². The molecular weight excluding hydrogens is 188 g/mol. The summed E-state index contributed by atoms with van der Waals surface area (Å²) in [4.78, 5) is 4.04. The van der Waals surface area contributed by atoms with E-state index < -0.39 is 0 Å². The van der Waals surface area contributed by atoms with Crippen LogP contribution in [0.2, 0.25) is 0 Å². The lowest BCUT2D eigenvalue weighted by atomic mass is 10.2. The fourth-order valence-corrected chi connectivity index (χ4v) is 1.46. The molecule has 0 saturated heterocycles. The molecule has 0 bridgehead atoms. The van der Waals surface area contributed by atoms with Crippen LogP contribution in [0.25, 0.3) is 0 Å². The molecule has 1 N–H and O–H groups in total. The van der Waals surface area contributed by atoms with Crippen molar-refractivity contribution in [1.82, 2.24) is 4.98 Å². The third-order valence-corrected chi connectivity index (χ3v) is 2.23. The molecule has 3 nitrogen and oxygen atoms in total. The van der Waals surface area contributed by atoms with Crippen LogP contribution in [0.5, 0.6) is 0 Å². The standard InChI is InChI=1S/C12H14N2O/c1-9-5-6-12(15-9)10(2)14-11-4-3-7-13-8-11/h3-8,10,14H,1-2H3. The average molecular weight is 202 g/mol. The summed E-state index contributed by atoms with van der Waals surface area (Å²) in [5, 5.41) is 3.32. The summed E-state index contributed by atoms with van der Waals surface area (Å²) in [6.07, 6.45) is 3.55. The van der Waals surface area contributed by atoms with Crippen molar-refractivity contribution in [2.24, 2.45) is 0 Å². The van der Waals surface area contributed by atoms with Gasteiger partial charge in [-0.25, -0.2) is 0 Å². The predicted octanol–water partition coefficient (Wildman–Crippen LogP) is 3.16. The molecule has 1 atom stereocenters. The highest BCUT2D eigenvalue weighted by molar-refractivity contribution is 5.41. The summed E-state index contributed by atoms with van der Waals surface area (Å²) in [5.74, 6) is 1.88. The van der Waals surface area contributed by atoms with E-state index in [4.69, 9.17) is 4.42 Å². The van der Waals surface area contributed by atoms with Crippen molar-refractivity contribution in [3.63, 3.8) is 0 Å². The maximum atomic E-state index is 5.53. The first-order chi connectivity index (χ1) is 7.25. The molecule has 0 radical (unpaired) electrons. The van der Waals surface area contributed by atoms with Crippen molar-refractivity contribution in [1.29, 1.82) is 0 Å². The van der Waals surface area contributed by atoms with Crippen LogP contribution in [0.1, 0.15) is 24.5 Å². The van der Waals surface area contributed by atoms with Gasteiger partial charge in [-0.3, -0.25) is 4.98 Å². The number of hydrogen-bond donors (Lipinski definition) is 1. The molecule has 0 aliphatic carbocycles. The topological polar surface area (TPSA) is 38.1 Å². The normalized spacial score (nSPS) is 12.4. The van der Waals surface area contributed by atoms with Crippen LogP contribution < -0.4 is 5.32 Å². The highest BCUT2D eigenvalue weighted by Gasteiger charge is 2.08. The van der Waals surface area contributed by atoms with Crippen molar-refractivity contribution < 1.29 is 4.42 Å². The summed E-state index contributed by atoms with van der Waals surface area (Å²) in [5.41, 5.74) is 0.999. The number of nitrogens with zero attached hydrogens (tertiary/aromatic N) is 1. The number of hydrogen-bond acceptors (Lipinski definition) is 3. The van der Waals surface area contributed by atoms with Crippen LogP contribution >= 0.6 is 0 Å². The van der Waals surface area contributed by atoms with Crippen LogP contribution in [0.4, 0.5) is 5.69 Å². The minimum Gasteiger partial charge on any atom is -0.464 e. The summed E-state index contributed by atoms with van der Waals surface area (Å²) < 4.78 is 5.53. The summed E-state index contributed by atoms with van der Waals surface area (Å²) in [6, 6.07) is 8.00. The Morgan fingerprint density at radius 3 is 2.80 bits per heavy atom. The molecule has 0 aromatic carbocycles. The molecular formula is C12H14N2O. The number of aromatic nitrogens is 1. The van der Waals surface area contributed by atoms with Gasteiger partial charge in [-0.2, -0.15) is 0 Å². The Labute approximate surface area is 89.1 Å². The molecule has 0 aliphatic heterocycles. The van der Waals surface area contributed by atoms with Crippen LogP contribution in [0.15, 0.2) is 41.1 Å². The van der Waals surface area contributed by atoms with Crippen molar-refractivity contribution in [2.75, 3.05) is 5.32 Å². The van der Waals surface area contributed by atoms with E-state index in [9.17, 15) is 0 Å². The van der Waals surface area contributed by atoms with Gasteiger partial charge in [0.25, 0.3) is 0 Å². The molecule has 78 valence electrons. The minimum absolute atomic E-state index is 0.155. The molecule has 1 unspecified atom stereocenters. The molecule has 2 aromatic heterocycles. The van der Waals surface area contributed by atoms with E-state index in [2.05, 4.69) is 17.2 Å². The van der Waals surface area contributed by atoms with E-state index in [-0.39, 0.29) is 6.04 Å². The highest BCUT2D eigenvalue weighted by atomic mass is 16.3. The fraction of sp³-hybridized carbons (Fsp3) is 0.250. The molecule has 0 aliphatic rings. The number of furan rings is 1. The van der Waals surface area contributed by atoms with E-state index in [1.54, 1.807) is 12.4 Å². The van der Waals surface area contributed by atoms with Gasteiger partial charge >= 0.3 is 0 Å². The molecule has 0 saturated carbocycles. The van der Waals surface area contributed by atoms with E-state index in [1.165, 1.54) is 0 Å². The Kier molecular flexibility index (Phi) is 2.72. The molecule has 2 heterocycles.